The zero-order valence-corrected chi connectivity index (χ0v) is 12.3. The molecule has 2 heterocycles. The van der Waals surface area contributed by atoms with E-state index in [0.29, 0.717) is 18.5 Å². The summed E-state index contributed by atoms with van der Waals surface area (Å²) in [6.07, 6.45) is 5.71. The lowest BCUT2D eigenvalue weighted by molar-refractivity contribution is -0.137. The van der Waals surface area contributed by atoms with Crippen LogP contribution in [0.5, 0.6) is 0 Å². The molecule has 0 saturated carbocycles. The van der Waals surface area contributed by atoms with Crippen LogP contribution in [0, 0.1) is 0 Å². The lowest BCUT2D eigenvalue weighted by Gasteiger charge is -2.27. The number of unbranched alkanes of at least 4 members (excludes halogenated alkanes) is 3. The Morgan fingerprint density at radius 2 is 1.86 bits per heavy atom. The molecule has 2 aliphatic rings. The number of aliphatic carboxylic acids is 1. The van der Waals surface area contributed by atoms with Gasteiger partial charge in [-0.15, -0.1) is 0 Å². The van der Waals surface area contributed by atoms with Gasteiger partial charge in [0.05, 0.1) is 0 Å². The Bertz CT molecular complexity index is 362. The molecular formula is C14H25N3O4. The van der Waals surface area contributed by atoms with Crippen molar-refractivity contribution >= 4 is 18.3 Å². The molecule has 0 aromatic rings. The lowest BCUT2D eigenvalue weighted by atomic mass is 10.1. The number of piperazine rings is 1. The van der Waals surface area contributed by atoms with Crippen LogP contribution in [-0.4, -0.2) is 53.5 Å². The monoisotopic (exact) mass is 299 g/mol. The Hall–Kier alpha value is -1.63. The average Bonchev–Trinajstić information content (AvgIpc) is 3.05. The molecule has 120 valence electrons. The van der Waals surface area contributed by atoms with Gasteiger partial charge in [0.15, 0.2) is 0 Å². The van der Waals surface area contributed by atoms with Gasteiger partial charge in [-0.25, -0.2) is 0 Å². The van der Waals surface area contributed by atoms with E-state index >= 15 is 0 Å². The van der Waals surface area contributed by atoms with Crippen LogP contribution in [0.4, 0.5) is 0 Å². The molecule has 0 radical (unpaired) electrons. The van der Waals surface area contributed by atoms with Crippen LogP contribution in [0.1, 0.15) is 44.9 Å². The quantitative estimate of drug-likeness (QED) is 0.455. The van der Waals surface area contributed by atoms with Gasteiger partial charge < -0.3 is 21.1 Å². The largest absolute Gasteiger partial charge is 0.481 e. The van der Waals surface area contributed by atoms with E-state index in [0.717, 1.165) is 45.2 Å². The number of amides is 2. The van der Waals surface area contributed by atoms with Gasteiger partial charge in [0.25, 0.3) is 0 Å². The maximum Gasteiger partial charge on any atom is 0.303 e. The van der Waals surface area contributed by atoms with Gasteiger partial charge in [0, 0.05) is 38.0 Å². The molecule has 2 bridgehead atoms. The maximum atomic E-state index is 12.0. The number of primary amides is 1. The molecule has 4 N–H and O–H groups in total. The summed E-state index contributed by atoms with van der Waals surface area (Å²) in [6, 6.07) is 0.948. The normalized spacial score (nSPS) is 22.6. The molecule has 0 aromatic carbocycles. The first-order valence-electron chi connectivity index (χ1n) is 7.48. The molecule has 2 unspecified atom stereocenters. The Balaban J connectivity index is 0.000000677. The fraction of sp³-hybridized carbons (Fsp3) is 0.786. The summed E-state index contributed by atoms with van der Waals surface area (Å²) in [7, 11) is 0. The predicted octanol–water partition coefficient (Wildman–Crippen LogP) is 0.0858. The van der Waals surface area contributed by atoms with Crippen LogP contribution in [0.3, 0.4) is 0 Å². The maximum absolute atomic E-state index is 12.0. The molecular weight excluding hydrogens is 274 g/mol. The number of carboxylic acids is 1. The lowest BCUT2D eigenvalue weighted by Crippen LogP contribution is -2.46. The van der Waals surface area contributed by atoms with E-state index in [1.807, 2.05) is 4.90 Å². The van der Waals surface area contributed by atoms with Gasteiger partial charge >= 0.3 is 5.97 Å². The zero-order chi connectivity index (χ0) is 15.7. The smallest absolute Gasteiger partial charge is 0.303 e. The van der Waals surface area contributed by atoms with Gasteiger partial charge in [-0.3, -0.25) is 14.4 Å². The van der Waals surface area contributed by atoms with E-state index < -0.39 is 5.97 Å². The molecule has 0 aromatic heterocycles. The van der Waals surface area contributed by atoms with E-state index in [9.17, 15) is 9.59 Å². The van der Waals surface area contributed by atoms with Crippen molar-refractivity contribution < 1.29 is 19.5 Å². The van der Waals surface area contributed by atoms with Crippen LogP contribution < -0.4 is 11.1 Å². The molecule has 2 aliphatic heterocycles. The molecule has 7 nitrogen and oxygen atoms in total. The van der Waals surface area contributed by atoms with Crippen molar-refractivity contribution in [3.05, 3.63) is 0 Å². The van der Waals surface area contributed by atoms with Crippen molar-refractivity contribution in [3.63, 3.8) is 0 Å². The molecule has 2 saturated heterocycles. The molecule has 21 heavy (non-hydrogen) atoms. The summed E-state index contributed by atoms with van der Waals surface area (Å²) < 4.78 is 0. The van der Waals surface area contributed by atoms with E-state index in [4.69, 9.17) is 9.90 Å². The molecule has 2 amide bonds. The second-order valence-electron chi connectivity index (χ2n) is 5.48. The highest BCUT2D eigenvalue weighted by molar-refractivity contribution is 5.77. The van der Waals surface area contributed by atoms with Crippen LogP contribution in [-0.2, 0) is 14.4 Å². The molecule has 2 atom stereocenters. The standard InChI is InChI=1S/C13H22N2O3.CH3NO/c16-12(5-3-1-2-4-6-13(17)18)15-9-10-7-11(15)8-14-10;2-1-3/h10-11,14H,1-9H2,(H,17,18);1H,(H2,2,3). The second kappa shape index (κ2) is 9.33. The van der Waals surface area contributed by atoms with Crippen molar-refractivity contribution in [2.75, 3.05) is 13.1 Å². The Morgan fingerprint density at radius 3 is 2.33 bits per heavy atom. The molecule has 0 spiro atoms. The van der Waals surface area contributed by atoms with Gasteiger partial charge in [-0.05, 0) is 19.3 Å². The van der Waals surface area contributed by atoms with Crippen molar-refractivity contribution in [1.29, 1.82) is 0 Å². The minimum absolute atomic E-state index is 0.246. The number of hydrogen-bond acceptors (Lipinski definition) is 4. The van der Waals surface area contributed by atoms with Crippen LogP contribution in [0.25, 0.3) is 0 Å². The van der Waals surface area contributed by atoms with Crippen LogP contribution in [0.15, 0.2) is 0 Å². The zero-order valence-electron chi connectivity index (χ0n) is 12.3. The summed E-state index contributed by atoms with van der Waals surface area (Å²) >= 11 is 0. The third-order valence-corrected chi connectivity index (χ3v) is 3.91. The van der Waals surface area contributed by atoms with Crippen molar-refractivity contribution in [2.24, 2.45) is 5.73 Å². The number of carbonyl (C=O) groups excluding carboxylic acids is 2. The number of fused-ring (bicyclic) bond motifs is 2. The molecule has 0 aliphatic carbocycles. The summed E-state index contributed by atoms with van der Waals surface area (Å²) in [5, 5.41) is 11.9. The number of nitrogens with two attached hydrogens (primary N) is 1. The van der Waals surface area contributed by atoms with E-state index in [1.165, 1.54) is 0 Å². The summed E-state index contributed by atoms with van der Waals surface area (Å²) in [6.45, 7) is 1.83. The van der Waals surface area contributed by atoms with Gasteiger partial charge in [-0.1, -0.05) is 12.8 Å². The number of nitrogens with zero attached hydrogens (tertiary/aromatic N) is 1. The number of likely N-dealkylation sites (tertiary alicyclic amines) is 1. The first-order valence-corrected chi connectivity index (χ1v) is 7.48. The Labute approximate surface area is 124 Å². The highest BCUT2D eigenvalue weighted by Crippen LogP contribution is 2.24. The highest BCUT2D eigenvalue weighted by Gasteiger charge is 2.39. The highest BCUT2D eigenvalue weighted by atomic mass is 16.4. The van der Waals surface area contributed by atoms with Crippen LogP contribution in [0.2, 0.25) is 0 Å². The third-order valence-electron chi connectivity index (χ3n) is 3.91. The Morgan fingerprint density at radius 1 is 1.24 bits per heavy atom. The van der Waals surface area contributed by atoms with Gasteiger partial charge in [0.2, 0.25) is 12.3 Å². The number of rotatable bonds is 7. The number of nitrogens with one attached hydrogen (secondary N) is 1. The predicted molar refractivity (Wildman–Crippen MR) is 77.5 cm³/mol. The second-order valence-corrected chi connectivity index (χ2v) is 5.48. The fourth-order valence-corrected chi connectivity index (χ4v) is 2.92. The summed E-state index contributed by atoms with van der Waals surface area (Å²) in [5.74, 6) is -0.450. The van der Waals surface area contributed by atoms with Crippen LogP contribution >= 0.6 is 0 Å². The van der Waals surface area contributed by atoms with Crippen molar-refractivity contribution in [3.8, 4) is 0 Å². The number of hydrogen-bond donors (Lipinski definition) is 3. The van der Waals surface area contributed by atoms with Crippen molar-refractivity contribution in [1.82, 2.24) is 10.2 Å². The van der Waals surface area contributed by atoms with Gasteiger partial charge in [-0.2, -0.15) is 0 Å². The third kappa shape index (κ3) is 6.12. The minimum Gasteiger partial charge on any atom is -0.481 e. The molecule has 2 rings (SSSR count). The van der Waals surface area contributed by atoms with Crippen molar-refractivity contribution in [2.45, 2.75) is 57.0 Å². The minimum atomic E-state index is -0.730. The molecule has 7 heteroatoms. The number of carboxylic acid groups (broad SMARTS) is 1. The average molecular weight is 299 g/mol. The summed E-state index contributed by atoms with van der Waals surface area (Å²) in [5.41, 5.74) is 4.17. The first kappa shape index (κ1) is 17.4. The molecule has 2 fully saturated rings. The van der Waals surface area contributed by atoms with Gasteiger partial charge in [0.1, 0.15) is 0 Å². The van der Waals surface area contributed by atoms with E-state index in [2.05, 4.69) is 11.1 Å². The fourth-order valence-electron chi connectivity index (χ4n) is 2.92. The van der Waals surface area contributed by atoms with E-state index in [1.54, 1.807) is 0 Å². The Kier molecular flexibility index (Phi) is 7.74. The first-order chi connectivity index (χ1) is 10.1. The van der Waals surface area contributed by atoms with E-state index in [-0.39, 0.29) is 18.7 Å². The SMILES string of the molecule is NC=O.O=C(O)CCCCCCC(=O)N1CC2CC1CN2. The summed E-state index contributed by atoms with van der Waals surface area (Å²) in [4.78, 5) is 32.9. The topological polar surface area (TPSA) is 113 Å². The number of carbonyl (C=O) groups is 3.